The molecule has 0 aliphatic carbocycles. The highest BCUT2D eigenvalue weighted by Gasteiger charge is 2.18. The molecule has 15 nitrogen and oxygen atoms in total. The number of aryl methyl sites for hydroxylation is 1. The van der Waals surface area contributed by atoms with Gasteiger partial charge in [0, 0.05) is 4.90 Å². The molecule has 0 bridgehead atoms. The van der Waals surface area contributed by atoms with E-state index < -0.39 is 26.1 Å². The number of hydrogen-bond acceptors (Lipinski definition) is 15. The van der Waals surface area contributed by atoms with Crippen LogP contribution in [0.3, 0.4) is 0 Å². The third-order valence-electron chi connectivity index (χ3n) is 4.62. The van der Waals surface area contributed by atoms with Crippen molar-refractivity contribution in [3.8, 4) is 0 Å². The Morgan fingerprint density at radius 1 is 0.974 bits per heavy atom. The molecule has 0 aromatic heterocycles. The number of nitrogen functional groups attached to an aromatic ring is 2. The molecule has 0 aliphatic rings. The predicted molar refractivity (Wildman–Crippen MR) is 142 cm³/mol. The van der Waals surface area contributed by atoms with Crippen molar-refractivity contribution in [3.63, 3.8) is 0 Å². The maximum absolute atomic E-state index is 12.0. The Hall–Kier alpha value is -3.33. The van der Waals surface area contributed by atoms with E-state index in [2.05, 4.69) is 29.8 Å². The average Bonchev–Trinajstić information content (AvgIpc) is 2.89. The fourth-order valence-electron chi connectivity index (χ4n) is 2.74. The molecule has 0 aliphatic heterocycles. The van der Waals surface area contributed by atoms with Crippen LogP contribution in [-0.2, 0) is 39.8 Å². The molecule has 6 N–H and O–H groups in total. The Labute approximate surface area is 229 Å². The first-order valence-electron chi connectivity index (χ1n) is 10.6. The predicted octanol–water partition coefficient (Wildman–Crippen LogP) is 5.28. The molecule has 0 fully saturated rings. The second kappa shape index (κ2) is 14.2. The summed E-state index contributed by atoms with van der Waals surface area (Å²) in [4.78, 5) is 4.41. The van der Waals surface area contributed by atoms with E-state index in [-0.39, 0.29) is 45.7 Å². The van der Waals surface area contributed by atoms with Gasteiger partial charge in [0.2, 0.25) is 0 Å². The minimum atomic E-state index is -4.72. The Morgan fingerprint density at radius 2 is 1.67 bits per heavy atom. The van der Waals surface area contributed by atoms with Crippen LogP contribution in [0.15, 0.2) is 84.8 Å². The van der Waals surface area contributed by atoms with Crippen molar-refractivity contribution in [2.24, 2.45) is 20.5 Å². The molecular formula is C21H22N6O9S3. The van der Waals surface area contributed by atoms with E-state index in [1.807, 2.05) is 19.1 Å². The second-order valence-corrected chi connectivity index (χ2v) is 10.7. The summed E-state index contributed by atoms with van der Waals surface area (Å²) in [5, 5.41) is 27.4. The van der Waals surface area contributed by atoms with Crippen LogP contribution in [-0.4, -0.2) is 34.8 Å². The lowest BCUT2D eigenvalue weighted by molar-refractivity contribution is -0.435. The molecule has 39 heavy (non-hydrogen) atoms. The second-order valence-electron chi connectivity index (χ2n) is 7.40. The summed E-state index contributed by atoms with van der Waals surface area (Å²) in [6.07, 6.45) is 0. The molecular weight excluding hydrogens is 576 g/mol. The summed E-state index contributed by atoms with van der Waals surface area (Å²) in [5.74, 6) is -0.194. The van der Waals surface area contributed by atoms with Gasteiger partial charge in [-0.05, 0) is 49.4 Å². The minimum Gasteiger partial charge on any atom is -0.397 e. The van der Waals surface area contributed by atoms with Gasteiger partial charge in [-0.25, -0.2) is 14.4 Å². The molecule has 18 heteroatoms. The number of benzene rings is 3. The molecule has 0 saturated carbocycles. The highest BCUT2D eigenvalue weighted by Crippen LogP contribution is 2.39. The van der Waals surface area contributed by atoms with Gasteiger partial charge in [-0.2, -0.15) is 17.9 Å². The minimum absolute atomic E-state index is 0.0534. The summed E-state index contributed by atoms with van der Waals surface area (Å²) in [6.45, 7) is 1.73. The maximum Gasteiger partial charge on any atom is 0.296 e. The van der Waals surface area contributed by atoms with Gasteiger partial charge in [-0.1, -0.05) is 22.7 Å². The van der Waals surface area contributed by atoms with E-state index in [1.54, 1.807) is 12.1 Å². The molecule has 3 aromatic rings. The van der Waals surface area contributed by atoms with Crippen LogP contribution in [0.5, 0.6) is 0 Å². The van der Waals surface area contributed by atoms with Crippen molar-refractivity contribution in [1.82, 2.24) is 0 Å². The van der Waals surface area contributed by atoms with Gasteiger partial charge in [-0.15, -0.1) is 19.7 Å². The molecule has 1 atom stereocenters. The number of nitrogens with zero attached hydrogens (tertiary/aromatic N) is 4. The van der Waals surface area contributed by atoms with Crippen molar-refractivity contribution in [2.75, 3.05) is 23.8 Å². The van der Waals surface area contributed by atoms with Gasteiger partial charge in [0.25, 0.3) is 10.1 Å². The highest BCUT2D eigenvalue weighted by atomic mass is 32.2. The van der Waals surface area contributed by atoms with E-state index in [0.717, 1.165) is 11.6 Å². The number of anilines is 2. The SMILES string of the molecule is Cc1ccc(N=Nc2c(N)ccc(N=Nc3ccc(SOOCCS(=O)OOO)cc3S(=O)(=O)O)c2N)cc1. The Kier molecular flexibility index (Phi) is 11.0. The van der Waals surface area contributed by atoms with Crippen LogP contribution >= 0.6 is 12.0 Å². The largest absolute Gasteiger partial charge is 0.397 e. The zero-order chi connectivity index (χ0) is 28.4. The van der Waals surface area contributed by atoms with Crippen LogP contribution in [0, 0.1) is 6.92 Å². The lowest BCUT2D eigenvalue weighted by atomic mass is 10.2. The van der Waals surface area contributed by atoms with Crippen molar-refractivity contribution < 1.29 is 41.0 Å². The third kappa shape index (κ3) is 9.13. The van der Waals surface area contributed by atoms with Crippen molar-refractivity contribution in [2.45, 2.75) is 16.7 Å². The smallest absolute Gasteiger partial charge is 0.296 e. The fourth-order valence-corrected chi connectivity index (χ4v) is 4.29. The van der Waals surface area contributed by atoms with Crippen LogP contribution in [0.25, 0.3) is 0 Å². The van der Waals surface area contributed by atoms with E-state index in [4.69, 9.17) is 25.9 Å². The summed E-state index contributed by atoms with van der Waals surface area (Å²) in [7, 11) is -4.72. The number of azo groups is 2. The number of hydrogen-bond donors (Lipinski definition) is 4. The van der Waals surface area contributed by atoms with Gasteiger partial charge >= 0.3 is 0 Å². The molecule has 0 saturated heterocycles. The molecule has 208 valence electrons. The summed E-state index contributed by atoms with van der Waals surface area (Å²) in [5.41, 5.74) is 14.2. The first kappa shape index (κ1) is 30.2. The molecule has 0 amide bonds. The third-order valence-corrected chi connectivity index (χ3v) is 6.82. The van der Waals surface area contributed by atoms with Gasteiger partial charge in [-0.3, -0.25) is 4.55 Å². The normalized spacial score (nSPS) is 12.9. The topological polar surface area (TPSA) is 230 Å². The average molecular weight is 599 g/mol. The number of rotatable bonds is 13. The van der Waals surface area contributed by atoms with Crippen molar-refractivity contribution in [1.29, 1.82) is 0 Å². The molecule has 0 radical (unpaired) electrons. The van der Waals surface area contributed by atoms with Crippen LogP contribution < -0.4 is 11.5 Å². The zero-order valence-corrected chi connectivity index (χ0v) is 22.5. The standard InChI is InChI=1S/C21H22N6O9S3/c1-13-2-4-14(5-3-13)24-27-21-16(22)7-9-18(20(21)23)26-25-17-8-6-15(12-19(17)39(30,31)32)37-35-33-10-11-38(29)36-34-28/h2-9,12,28H,10-11,22-23H2,1H3,(H,30,31,32). The first-order valence-corrected chi connectivity index (χ1v) is 14.0. The first-order chi connectivity index (χ1) is 18.6. The summed E-state index contributed by atoms with van der Waals surface area (Å²) < 4.78 is 53.5. The monoisotopic (exact) mass is 598 g/mol. The van der Waals surface area contributed by atoms with Gasteiger partial charge in [0.05, 0.1) is 41.5 Å². The van der Waals surface area contributed by atoms with Crippen molar-refractivity contribution >= 4 is 67.4 Å². The molecule has 0 heterocycles. The van der Waals surface area contributed by atoms with Crippen LogP contribution in [0.4, 0.5) is 34.1 Å². The molecule has 1 unspecified atom stereocenters. The van der Waals surface area contributed by atoms with Crippen LogP contribution in [0.2, 0.25) is 0 Å². The molecule has 3 aromatic carbocycles. The van der Waals surface area contributed by atoms with E-state index in [0.29, 0.717) is 17.7 Å². The molecule has 3 rings (SSSR count). The highest BCUT2D eigenvalue weighted by molar-refractivity contribution is 7.94. The Balaban J connectivity index is 1.77. The van der Waals surface area contributed by atoms with Crippen LogP contribution in [0.1, 0.15) is 5.56 Å². The molecule has 0 spiro atoms. The quantitative estimate of drug-likeness (QED) is 0.0374. The maximum atomic E-state index is 12.0. The Morgan fingerprint density at radius 3 is 2.36 bits per heavy atom. The van der Waals surface area contributed by atoms with Gasteiger partial charge in [0.15, 0.2) is 11.1 Å². The zero-order valence-electron chi connectivity index (χ0n) is 20.0. The van der Waals surface area contributed by atoms with Gasteiger partial charge in [0.1, 0.15) is 22.0 Å². The summed E-state index contributed by atoms with van der Waals surface area (Å²) in [6, 6.07) is 14.0. The van der Waals surface area contributed by atoms with E-state index in [1.165, 1.54) is 24.3 Å². The Bertz CT molecular complexity index is 1490. The van der Waals surface area contributed by atoms with Gasteiger partial charge < -0.3 is 11.5 Å². The number of nitrogens with two attached hydrogens (primary N) is 2. The van der Waals surface area contributed by atoms with E-state index >= 15 is 0 Å². The summed E-state index contributed by atoms with van der Waals surface area (Å²) >= 11 is -1.37. The lowest BCUT2D eigenvalue weighted by Gasteiger charge is -2.07. The lowest BCUT2D eigenvalue weighted by Crippen LogP contribution is -2.07. The fraction of sp³-hybridized carbons (Fsp3) is 0.143. The van der Waals surface area contributed by atoms with Crippen molar-refractivity contribution in [3.05, 3.63) is 60.2 Å². The van der Waals surface area contributed by atoms with E-state index in [9.17, 15) is 17.2 Å².